The summed E-state index contributed by atoms with van der Waals surface area (Å²) in [6.45, 7) is 4.36. The maximum Gasteiger partial charge on any atom is 0.335 e. The van der Waals surface area contributed by atoms with E-state index in [0.29, 0.717) is 12.5 Å². The Balaban J connectivity index is 1.86. The van der Waals surface area contributed by atoms with Crippen molar-refractivity contribution in [3.8, 4) is 0 Å². The molecule has 2 aliphatic rings. The van der Waals surface area contributed by atoms with Gasteiger partial charge in [0.05, 0.1) is 11.5 Å². The molecule has 1 fully saturated rings. The van der Waals surface area contributed by atoms with Crippen LogP contribution in [-0.4, -0.2) is 36.6 Å². The summed E-state index contributed by atoms with van der Waals surface area (Å²) < 4.78 is 0. The lowest BCUT2D eigenvalue weighted by atomic mass is 9.96. The molecule has 1 saturated heterocycles. The van der Waals surface area contributed by atoms with Crippen LogP contribution in [0.25, 0.3) is 0 Å². The lowest BCUT2D eigenvalue weighted by Crippen LogP contribution is -2.37. The maximum atomic E-state index is 12.6. The van der Waals surface area contributed by atoms with E-state index < -0.39 is 5.97 Å². The molecule has 0 saturated carbocycles. The van der Waals surface area contributed by atoms with E-state index in [1.165, 1.54) is 0 Å². The molecule has 106 valence electrons. The third-order valence-corrected chi connectivity index (χ3v) is 4.32. The number of carboxylic acids is 1. The molecule has 5 heteroatoms. The van der Waals surface area contributed by atoms with Crippen molar-refractivity contribution < 1.29 is 14.7 Å². The summed E-state index contributed by atoms with van der Waals surface area (Å²) >= 11 is 0. The number of carboxylic acid groups (broad SMARTS) is 1. The molecule has 1 aromatic rings. The van der Waals surface area contributed by atoms with Crippen LogP contribution in [0.1, 0.15) is 22.8 Å². The highest BCUT2D eigenvalue weighted by Gasteiger charge is 2.35. The van der Waals surface area contributed by atoms with Crippen LogP contribution in [0.2, 0.25) is 0 Å². The number of amides is 1. The summed E-state index contributed by atoms with van der Waals surface area (Å²) in [5, 5.41) is 12.3. The molecular formula is C15H18N2O3. The van der Waals surface area contributed by atoms with Crippen LogP contribution in [-0.2, 0) is 11.2 Å². The largest absolute Gasteiger partial charge is 0.478 e. The van der Waals surface area contributed by atoms with Gasteiger partial charge in [-0.1, -0.05) is 6.92 Å². The molecular weight excluding hydrogens is 256 g/mol. The molecule has 3 rings (SSSR count). The van der Waals surface area contributed by atoms with Crippen LogP contribution in [0.5, 0.6) is 0 Å². The molecule has 2 heterocycles. The lowest BCUT2D eigenvalue weighted by Gasteiger charge is -2.23. The number of benzene rings is 1. The molecule has 1 aromatic carbocycles. The average Bonchev–Trinajstić information content (AvgIpc) is 3.03. The highest BCUT2D eigenvalue weighted by molar-refractivity contribution is 5.98. The number of hydrogen-bond donors (Lipinski definition) is 2. The molecule has 1 amide bonds. The van der Waals surface area contributed by atoms with E-state index in [2.05, 4.69) is 12.2 Å². The highest BCUT2D eigenvalue weighted by Crippen LogP contribution is 2.31. The van der Waals surface area contributed by atoms with Gasteiger partial charge in [-0.05, 0) is 42.6 Å². The van der Waals surface area contributed by atoms with E-state index in [-0.39, 0.29) is 17.4 Å². The Labute approximate surface area is 117 Å². The molecule has 0 aliphatic carbocycles. The van der Waals surface area contributed by atoms with E-state index in [4.69, 9.17) is 5.11 Å². The number of aromatic carboxylic acids is 1. The molecule has 2 N–H and O–H groups in total. The summed E-state index contributed by atoms with van der Waals surface area (Å²) in [5.74, 6) is -0.388. The summed E-state index contributed by atoms with van der Waals surface area (Å²) in [7, 11) is 0. The number of rotatable bonds is 2. The fourth-order valence-electron chi connectivity index (χ4n) is 3.10. The van der Waals surface area contributed by atoms with E-state index in [9.17, 15) is 9.59 Å². The minimum atomic E-state index is -0.925. The van der Waals surface area contributed by atoms with Gasteiger partial charge in [0.25, 0.3) is 0 Å². The first-order valence-corrected chi connectivity index (χ1v) is 6.96. The summed E-state index contributed by atoms with van der Waals surface area (Å²) in [6.07, 6.45) is 0.733. The lowest BCUT2D eigenvalue weighted by molar-refractivity contribution is -0.122. The van der Waals surface area contributed by atoms with Gasteiger partial charge in [0.2, 0.25) is 5.91 Å². The Morgan fingerprint density at radius 1 is 1.35 bits per heavy atom. The summed E-state index contributed by atoms with van der Waals surface area (Å²) in [6, 6.07) is 5.01. The maximum absolute atomic E-state index is 12.6. The number of carbonyl (C=O) groups is 2. The van der Waals surface area contributed by atoms with Crippen LogP contribution in [0.15, 0.2) is 18.2 Å². The zero-order valence-corrected chi connectivity index (χ0v) is 11.4. The normalized spacial score (nSPS) is 24.8. The standard InChI is InChI=1S/C15H18N2O3/c1-9-7-16-8-12(9)14(18)17-5-4-10-6-11(15(19)20)2-3-13(10)17/h2-3,6,9,12,16H,4-5,7-8H2,1H3,(H,19,20). The third kappa shape index (κ3) is 2.08. The predicted octanol–water partition coefficient (Wildman–Crippen LogP) is 1.13. The first-order valence-electron chi connectivity index (χ1n) is 6.96. The van der Waals surface area contributed by atoms with E-state index in [0.717, 1.165) is 30.8 Å². The van der Waals surface area contributed by atoms with Crippen LogP contribution < -0.4 is 10.2 Å². The van der Waals surface area contributed by atoms with Crippen molar-refractivity contribution in [1.82, 2.24) is 5.32 Å². The zero-order valence-electron chi connectivity index (χ0n) is 11.4. The Hall–Kier alpha value is -1.88. The van der Waals surface area contributed by atoms with Crippen LogP contribution >= 0.6 is 0 Å². The molecule has 0 radical (unpaired) electrons. The number of nitrogens with one attached hydrogen (secondary N) is 1. The van der Waals surface area contributed by atoms with Crippen molar-refractivity contribution in [3.63, 3.8) is 0 Å². The molecule has 2 aliphatic heterocycles. The SMILES string of the molecule is CC1CNCC1C(=O)N1CCc2cc(C(=O)O)ccc21. The van der Waals surface area contributed by atoms with Crippen molar-refractivity contribution in [3.05, 3.63) is 29.3 Å². The van der Waals surface area contributed by atoms with Crippen molar-refractivity contribution in [1.29, 1.82) is 0 Å². The fourth-order valence-corrected chi connectivity index (χ4v) is 3.10. The zero-order chi connectivity index (χ0) is 14.3. The fraction of sp³-hybridized carbons (Fsp3) is 0.467. The smallest absolute Gasteiger partial charge is 0.335 e. The van der Waals surface area contributed by atoms with Gasteiger partial charge in [0.1, 0.15) is 0 Å². The van der Waals surface area contributed by atoms with Crippen LogP contribution in [0, 0.1) is 11.8 Å². The quantitative estimate of drug-likeness (QED) is 0.848. The average molecular weight is 274 g/mol. The Morgan fingerprint density at radius 2 is 2.15 bits per heavy atom. The number of nitrogens with zero attached hydrogens (tertiary/aromatic N) is 1. The van der Waals surface area contributed by atoms with Gasteiger partial charge < -0.3 is 15.3 Å². The molecule has 5 nitrogen and oxygen atoms in total. The minimum Gasteiger partial charge on any atom is -0.478 e. The molecule has 0 aromatic heterocycles. The summed E-state index contributed by atoms with van der Waals surface area (Å²) in [4.78, 5) is 25.4. The minimum absolute atomic E-state index is 0.0279. The summed E-state index contributed by atoms with van der Waals surface area (Å²) in [5.41, 5.74) is 2.12. The van der Waals surface area contributed by atoms with Gasteiger partial charge >= 0.3 is 5.97 Å². The van der Waals surface area contributed by atoms with Crippen molar-refractivity contribution in [2.75, 3.05) is 24.5 Å². The van der Waals surface area contributed by atoms with Gasteiger partial charge in [-0.2, -0.15) is 0 Å². The van der Waals surface area contributed by atoms with Crippen molar-refractivity contribution in [2.24, 2.45) is 11.8 Å². The Bertz CT molecular complexity index is 570. The van der Waals surface area contributed by atoms with Gasteiger partial charge in [-0.3, -0.25) is 4.79 Å². The second-order valence-electron chi connectivity index (χ2n) is 5.63. The monoisotopic (exact) mass is 274 g/mol. The van der Waals surface area contributed by atoms with Crippen molar-refractivity contribution >= 4 is 17.6 Å². The number of anilines is 1. The predicted molar refractivity (Wildman–Crippen MR) is 75.0 cm³/mol. The highest BCUT2D eigenvalue weighted by atomic mass is 16.4. The topological polar surface area (TPSA) is 69.6 Å². The molecule has 2 atom stereocenters. The van der Waals surface area contributed by atoms with Gasteiger partial charge in [-0.25, -0.2) is 4.79 Å². The van der Waals surface area contributed by atoms with E-state index in [1.807, 2.05) is 4.90 Å². The number of hydrogen-bond acceptors (Lipinski definition) is 3. The second-order valence-corrected chi connectivity index (χ2v) is 5.63. The van der Waals surface area contributed by atoms with Crippen LogP contribution in [0.3, 0.4) is 0 Å². The van der Waals surface area contributed by atoms with E-state index >= 15 is 0 Å². The molecule has 0 bridgehead atoms. The molecule has 20 heavy (non-hydrogen) atoms. The Morgan fingerprint density at radius 3 is 2.80 bits per heavy atom. The first kappa shape index (κ1) is 13.1. The van der Waals surface area contributed by atoms with Crippen molar-refractivity contribution in [2.45, 2.75) is 13.3 Å². The third-order valence-electron chi connectivity index (χ3n) is 4.32. The molecule has 0 spiro atoms. The molecule has 2 unspecified atom stereocenters. The first-order chi connectivity index (χ1) is 9.58. The van der Waals surface area contributed by atoms with Gasteiger partial charge in [0.15, 0.2) is 0 Å². The Kier molecular flexibility index (Phi) is 3.22. The number of fused-ring (bicyclic) bond motifs is 1. The van der Waals surface area contributed by atoms with Gasteiger partial charge in [0, 0.05) is 18.8 Å². The van der Waals surface area contributed by atoms with Gasteiger partial charge in [-0.15, -0.1) is 0 Å². The van der Waals surface area contributed by atoms with Crippen LogP contribution in [0.4, 0.5) is 5.69 Å². The second kappa shape index (κ2) is 4.90. The van der Waals surface area contributed by atoms with E-state index in [1.54, 1.807) is 18.2 Å². The number of carbonyl (C=O) groups excluding carboxylic acids is 1.